The third-order valence-electron chi connectivity index (χ3n) is 1.79. The summed E-state index contributed by atoms with van der Waals surface area (Å²) in [7, 11) is 0. The average molecular weight is 246 g/mol. The van der Waals surface area contributed by atoms with Gasteiger partial charge in [-0.3, -0.25) is 0 Å². The van der Waals surface area contributed by atoms with Gasteiger partial charge in [-0.25, -0.2) is 4.68 Å². The molecular formula is C9H16BrN3. The van der Waals surface area contributed by atoms with Crippen molar-refractivity contribution >= 4 is 15.9 Å². The highest BCUT2D eigenvalue weighted by atomic mass is 79.9. The molecule has 0 atom stereocenters. The summed E-state index contributed by atoms with van der Waals surface area (Å²) < 4.78 is 2.92. The van der Waals surface area contributed by atoms with E-state index < -0.39 is 0 Å². The van der Waals surface area contributed by atoms with Crippen LogP contribution in [0, 0.1) is 5.92 Å². The Kier molecular flexibility index (Phi) is 3.47. The van der Waals surface area contributed by atoms with E-state index in [0.29, 0.717) is 12.0 Å². The van der Waals surface area contributed by atoms with Crippen LogP contribution in [0.3, 0.4) is 0 Å². The van der Waals surface area contributed by atoms with Crippen LogP contribution in [0.2, 0.25) is 0 Å². The van der Waals surface area contributed by atoms with Crippen molar-refractivity contribution in [1.29, 1.82) is 0 Å². The second-order valence-corrected chi connectivity index (χ2v) is 4.71. The summed E-state index contributed by atoms with van der Waals surface area (Å²) in [5, 5.41) is 8.23. The van der Waals surface area contributed by atoms with E-state index in [1.54, 1.807) is 0 Å². The Morgan fingerprint density at radius 2 is 1.92 bits per heavy atom. The third-order valence-corrected chi connectivity index (χ3v) is 2.61. The first-order valence-corrected chi connectivity index (χ1v) is 5.41. The zero-order chi connectivity index (χ0) is 10.0. The van der Waals surface area contributed by atoms with Gasteiger partial charge in [0, 0.05) is 6.04 Å². The Hall–Kier alpha value is -0.380. The molecule has 3 nitrogen and oxygen atoms in total. The molecule has 1 aromatic rings. The monoisotopic (exact) mass is 245 g/mol. The standard InChI is InChI=1S/C9H16BrN3/c1-6(2)5-8-9(10)13(7(3)4)12-11-8/h6-7H,5H2,1-4H3. The van der Waals surface area contributed by atoms with Gasteiger partial charge in [0.2, 0.25) is 0 Å². The summed E-state index contributed by atoms with van der Waals surface area (Å²) in [6.07, 6.45) is 0.979. The molecule has 0 aromatic carbocycles. The molecule has 0 bridgehead atoms. The highest BCUT2D eigenvalue weighted by molar-refractivity contribution is 9.10. The van der Waals surface area contributed by atoms with Crippen LogP contribution in [0.5, 0.6) is 0 Å². The predicted molar refractivity (Wildman–Crippen MR) is 56.6 cm³/mol. The first-order valence-electron chi connectivity index (χ1n) is 4.62. The minimum Gasteiger partial charge on any atom is -0.235 e. The summed E-state index contributed by atoms with van der Waals surface area (Å²) in [5.41, 5.74) is 1.06. The Morgan fingerprint density at radius 3 is 2.31 bits per heavy atom. The fourth-order valence-electron chi connectivity index (χ4n) is 1.16. The molecule has 0 saturated heterocycles. The number of nitrogens with zero attached hydrogens (tertiary/aromatic N) is 3. The quantitative estimate of drug-likeness (QED) is 0.821. The molecular weight excluding hydrogens is 230 g/mol. The number of hydrogen-bond donors (Lipinski definition) is 0. The van der Waals surface area contributed by atoms with E-state index in [-0.39, 0.29) is 0 Å². The fraction of sp³-hybridized carbons (Fsp3) is 0.778. The number of aromatic nitrogens is 3. The van der Waals surface area contributed by atoms with Gasteiger partial charge < -0.3 is 0 Å². The molecule has 0 fully saturated rings. The molecule has 0 aliphatic carbocycles. The number of rotatable bonds is 3. The molecule has 0 spiro atoms. The lowest BCUT2D eigenvalue weighted by molar-refractivity contribution is 0.505. The van der Waals surface area contributed by atoms with E-state index in [0.717, 1.165) is 16.7 Å². The summed E-state index contributed by atoms with van der Waals surface area (Å²) >= 11 is 3.52. The second-order valence-electron chi connectivity index (χ2n) is 3.96. The van der Waals surface area contributed by atoms with Gasteiger partial charge in [0.15, 0.2) is 0 Å². The van der Waals surface area contributed by atoms with Crippen molar-refractivity contribution in [2.45, 2.75) is 40.2 Å². The molecule has 1 rings (SSSR count). The van der Waals surface area contributed by atoms with Crippen LogP contribution in [0.1, 0.15) is 39.4 Å². The van der Waals surface area contributed by atoms with Crippen LogP contribution in [0.4, 0.5) is 0 Å². The van der Waals surface area contributed by atoms with Gasteiger partial charge in [0.1, 0.15) is 4.60 Å². The minimum atomic E-state index is 0.364. The van der Waals surface area contributed by atoms with Crippen LogP contribution in [0.15, 0.2) is 4.60 Å². The van der Waals surface area contributed by atoms with E-state index in [2.05, 4.69) is 53.9 Å². The van der Waals surface area contributed by atoms with E-state index in [1.807, 2.05) is 4.68 Å². The smallest absolute Gasteiger partial charge is 0.127 e. The third kappa shape index (κ3) is 2.53. The molecule has 0 N–H and O–H groups in total. The molecule has 0 radical (unpaired) electrons. The topological polar surface area (TPSA) is 30.7 Å². The molecule has 1 heterocycles. The van der Waals surface area contributed by atoms with Crippen LogP contribution in [0.25, 0.3) is 0 Å². The normalized spacial score (nSPS) is 11.6. The molecule has 4 heteroatoms. The first kappa shape index (κ1) is 10.7. The number of halogens is 1. The zero-order valence-corrected chi connectivity index (χ0v) is 10.2. The van der Waals surface area contributed by atoms with Crippen molar-refractivity contribution in [2.75, 3.05) is 0 Å². The van der Waals surface area contributed by atoms with Gasteiger partial charge in [0.25, 0.3) is 0 Å². The predicted octanol–water partition coefficient (Wildman–Crippen LogP) is 2.82. The lowest BCUT2D eigenvalue weighted by Crippen LogP contribution is -2.03. The van der Waals surface area contributed by atoms with E-state index in [1.165, 1.54) is 0 Å². The lowest BCUT2D eigenvalue weighted by atomic mass is 10.1. The number of hydrogen-bond acceptors (Lipinski definition) is 2. The Morgan fingerprint density at radius 1 is 1.31 bits per heavy atom. The van der Waals surface area contributed by atoms with Gasteiger partial charge in [-0.05, 0) is 42.1 Å². The largest absolute Gasteiger partial charge is 0.235 e. The van der Waals surface area contributed by atoms with Crippen molar-refractivity contribution in [3.63, 3.8) is 0 Å². The van der Waals surface area contributed by atoms with Crippen molar-refractivity contribution < 1.29 is 0 Å². The lowest BCUT2D eigenvalue weighted by Gasteiger charge is -2.06. The maximum Gasteiger partial charge on any atom is 0.127 e. The molecule has 0 unspecified atom stereocenters. The highest BCUT2D eigenvalue weighted by Gasteiger charge is 2.12. The average Bonchev–Trinajstić information content (AvgIpc) is 2.32. The van der Waals surface area contributed by atoms with E-state index in [4.69, 9.17) is 0 Å². The SMILES string of the molecule is CC(C)Cc1nnn(C(C)C)c1Br. The Balaban J connectivity index is 2.86. The van der Waals surface area contributed by atoms with E-state index >= 15 is 0 Å². The van der Waals surface area contributed by atoms with Crippen LogP contribution >= 0.6 is 15.9 Å². The van der Waals surface area contributed by atoms with Crippen molar-refractivity contribution in [3.05, 3.63) is 10.3 Å². The van der Waals surface area contributed by atoms with Crippen molar-refractivity contribution in [1.82, 2.24) is 15.0 Å². The maximum atomic E-state index is 4.14. The second kappa shape index (κ2) is 4.22. The zero-order valence-electron chi connectivity index (χ0n) is 8.58. The van der Waals surface area contributed by atoms with Gasteiger partial charge >= 0.3 is 0 Å². The molecule has 13 heavy (non-hydrogen) atoms. The van der Waals surface area contributed by atoms with E-state index in [9.17, 15) is 0 Å². The molecule has 1 aromatic heterocycles. The molecule has 0 saturated carbocycles. The first-order chi connectivity index (χ1) is 6.02. The summed E-state index contributed by atoms with van der Waals surface area (Å²) in [4.78, 5) is 0. The molecule has 74 valence electrons. The summed E-state index contributed by atoms with van der Waals surface area (Å²) in [6, 6.07) is 0.364. The Bertz CT molecular complexity index is 278. The van der Waals surface area contributed by atoms with Gasteiger partial charge in [-0.15, -0.1) is 5.10 Å². The minimum absolute atomic E-state index is 0.364. The van der Waals surface area contributed by atoms with Crippen molar-refractivity contribution in [3.8, 4) is 0 Å². The maximum absolute atomic E-state index is 4.14. The van der Waals surface area contributed by atoms with Crippen molar-refractivity contribution in [2.24, 2.45) is 5.92 Å². The summed E-state index contributed by atoms with van der Waals surface area (Å²) in [6.45, 7) is 8.55. The van der Waals surface area contributed by atoms with Gasteiger partial charge in [-0.2, -0.15) is 0 Å². The molecule has 0 aliphatic rings. The molecule has 0 amide bonds. The summed E-state index contributed by atoms with van der Waals surface area (Å²) in [5.74, 6) is 0.619. The molecule has 0 aliphatic heterocycles. The van der Waals surface area contributed by atoms with Gasteiger partial charge in [0.05, 0.1) is 5.69 Å². The van der Waals surface area contributed by atoms with Crippen LogP contribution in [-0.4, -0.2) is 15.0 Å². The fourth-order valence-corrected chi connectivity index (χ4v) is 1.88. The van der Waals surface area contributed by atoms with Crippen LogP contribution in [-0.2, 0) is 6.42 Å². The Labute approximate surface area is 87.6 Å². The highest BCUT2D eigenvalue weighted by Crippen LogP contribution is 2.20. The van der Waals surface area contributed by atoms with Gasteiger partial charge in [-0.1, -0.05) is 19.1 Å². The van der Waals surface area contributed by atoms with Crippen LogP contribution < -0.4 is 0 Å².